The Morgan fingerprint density at radius 1 is 0.325 bits per heavy atom. The molecule has 6 aromatic rings. The molecule has 0 bridgehead atoms. The highest BCUT2D eigenvalue weighted by molar-refractivity contribution is 6.88. The van der Waals surface area contributed by atoms with Crippen LogP contribution in [0.25, 0.3) is 11.4 Å². The van der Waals surface area contributed by atoms with Crippen LogP contribution in [-0.2, 0) is 0 Å². The molecule has 2 aromatic heterocycles. The van der Waals surface area contributed by atoms with Crippen molar-refractivity contribution >= 4 is 47.2 Å². The largest absolute Gasteiger partial charge is 0.405 e. The van der Waals surface area contributed by atoms with Crippen LogP contribution in [0.5, 0.6) is 0 Å². The van der Waals surface area contributed by atoms with Gasteiger partial charge in [0.25, 0.3) is 0 Å². The van der Waals surface area contributed by atoms with E-state index in [1.165, 1.54) is 21.9 Å². The summed E-state index contributed by atoms with van der Waals surface area (Å²) in [5.74, 6) is 1.59. The number of rotatable bonds is 9. The average molecular weight is 514 g/mol. The quantitative estimate of drug-likeness (QED) is 0.278. The second-order valence-electron chi connectivity index (χ2n) is 9.61. The van der Waals surface area contributed by atoms with Gasteiger partial charge in [-0.3, -0.25) is 0 Å². The van der Waals surface area contributed by atoms with E-state index in [1.54, 1.807) is 0 Å². The highest BCUT2D eigenvalue weighted by Gasteiger charge is 2.22. The lowest BCUT2D eigenvalue weighted by Crippen LogP contribution is -2.49. The van der Waals surface area contributed by atoms with Gasteiger partial charge in [0.05, 0.1) is 11.4 Å². The maximum Gasteiger partial charge on any atom is 0.322 e. The zero-order valence-electron chi connectivity index (χ0n) is 22.1. The van der Waals surface area contributed by atoms with Gasteiger partial charge in [0.15, 0.2) is 0 Å². The molecule has 6 heteroatoms. The summed E-state index contributed by atoms with van der Waals surface area (Å²) in [4.78, 5) is 9.94. The van der Waals surface area contributed by atoms with Crippen molar-refractivity contribution in [3.63, 3.8) is 0 Å². The first-order chi connectivity index (χ1) is 19.8. The molecule has 2 N–H and O–H groups in total. The third-order valence-corrected chi connectivity index (χ3v) is 6.88. The summed E-state index contributed by atoms with van der Waals surface area (Å²) in [6, 6.07) is 53.9. The first-order valence-corrected chi connectivity index (χ1v) is 13.5. The van der Waals surface area contributed by atoms with Gasteiger partial charge >= 0.3 is 13.7 Å². The second-order valence-corrected chi connectivity index (χ2v) is 9.61. The van der Waals surface area contributed by atoms with Gasteiger partial charge in [0.2, 0.25) is 0 Å². The molecule has 0 atom stereocenters. The average Bonchev–Trinajstić information content (AvgIpc) is 3.04. The topological polar surface area (TPSA) is 49.8 Å². The van der Waals surface area contributed by atoms with Crippen molar-refractivity contribution < 1.29 is 0 Å². The smallest absolute Gasteiger partial charge is 0.322 e. The van der Waals surface area contributed by atoms with Crippen molar-refractivity contribution in [2.75, 3.05) is 10.5 Å². The van der Waals surface area contributed by atoms with E-state index in [2.05, 4.69) is 108 Å². The highest BCUT2D eigenvalue weighted by Crippen LogP contribution is 2.19. The number of hydrogen-bond donors (Lipinski definition) is 2. The number of aromatic nitrogens is 2. The minimum Gasteiger partial charge on any atom is -0.405 e. The summed E-state index contributed by atoms with van der Waals surface area (Å²) in [5.41, 5.74) is 6.33. The molecule has 190 valence electrons. The van der Waals surface area contributed by atoms with Gasteiger partial charge in [-0.1, -0.05) is 155 Å². The predicted octanol–water partition coefficient (Wildman–Crippen LogP) is 4.58. The van der Waals surface area contributed by atoms with Gasteiger partial charge in [-0.2, -0.15) is 0 Å². The van der Waals surface area contributed by atoms with Crippen molar-refractivity contribution in [2.45, 2.75) is 0 Å². The Bertz CT molecular complexity index is 1440. The minimum atomic E-state index is -0.0244. The molecule has 0 fully saturated rings. The number of benzene rings is 4. The summed E-state index contributed by atoms with van der Waals surface area (Å²) in [6.45, 7) is -0.0489. The maximum atomic E-state index is 4.97. The Morgan fingerprint density at radius 3 is 0.925 bits per heavy atom. The van der Waals surface area contributed by atoms with Crippen LogP contribution in [0.3, 0.4) is 0 Å². The first-order valence-electron chi connectivity index (χ1n) is 13.5. The van der Waals surface area contributed by atoms with Crippen LogP contribution >= 0.6 is 0 Å². The normalized spacial score (nSPS) is 10.5. The van der Waals surface area contributed by atoms with Crippen LogP contribution in [0.4, 0.5) is 11.6 Å². The predicted molar refractivity (Wildman–Crippen MR) is 171 cm³/mol. The molecule has 0 aliphatic carbocycles. The lowest BCUT2D eigenvalue weighted by Gasteiger charge is -2.18. The number of nitrogens with zero attached hydrogens (tertiary/aromatic N) is 2. The van der Waals surface area contributed by atoms with E-state index in [4.69, 9.17) is 9.97 Å². The molecule has 0 spiro atoms. The van der Waals surface area contributed by atoms with Crippen molar-refractivity contribution in [2.24, 2.45) is 0 Å². The van der Waals surface area contributed by atoms with Gasteiger partial charge in [-0.15, -0.1) is 0 Å². The van der Waals surface area contributed by atoms with E-state index < -0.39 is 0 Å². The van der Waals surface area contributed by atoms with Crippen molar-refractivity contribution in [3.05, 3.63) is 158 Å². The Labute approximate surface area is 236 Å². The lowest BCUT2D eigenvalue weighted by atomic mass is 9.51. The summed E-state index contributed by atoms with van der Waals surface area (Å²) in [7, 11) is 0. The molecule has 40 heavy (non-hydrogen) atoms. The van der Waals surface area contributed by atoms with Gasteiger partial charge in [0.1, 0.15) is 11.6 Å². The molecular weight excluding hydrogens is 486 g/mol. The molecule has 4 nitrogen and oxygen atoms in total. The van der Waals surface area contributed by atoms with Gasteiger partial charge < -0.3 is 10.5 Å². The Kier molecular flexibility index (Phi) is 7.67. The second kappa shape index (κ2) is 12.2. The van der Waals surface area contributed by atoms with E-state index in [9.17, 15) is 0 Å². The highest BCUT2D eigenvalue weighted by atomic mass is 15.0. The van der Waals surface area contributed by atoms with Crippen LogP contribution in [0, 0.1) is 0 Å². The third kappa shape index (κ3) is 5.97. The fraction of sp³-hybridized carbons (Fsp3) is 0. The summed E-state index contributed by atoms with van der Waals surface area (Å²) < 4.78 is 0. The Morgan fingerprint density at radius 2 is 0.625 bits per heavy atom. The monoisotopic (exact) mass is 514 g/mol. The molecule has 0 amide bonds. The Balaban J connectivity index is 1.28. The summed E-state index contributed by atoms with van der Waals surface area (Å²) >= 11 is 0. The van der Waals surface area contributed by atoms with Crippen LogP contribution in [0.2, 0.25) is 0 Å². The molecule has 0 saturated heterocycles. The minimum absolute atomic E-state index is 0.0244. The molecule has 0 aliphatic rings. The zero-order chi connectivity index (χ0) is 27.0. The standard InChI is InChI=1S/C34H28B2N4/c1-5-15-27(16-6-1)35(28-17-7-2-8-18-28)39-33-25-13-23-31(37-33)32-24-14-26-34(38-32)40-36(29-19-9-3-10-20-29)30-21-11-4-12-22-30/h1-26H,(H,37,39)(H,38,40). The van der Waals surface area contributed by atoms with Crippen molar-refractivity contribution in [3.8, 4) is 11.4 Å². The van der Waals surface area contributed by atoms with Crippen LogP contribution in [-0.4, -0.2) is 23.7 Å². The van der Waals surface area contributed by atoms with E-state index in [1.807, 2.05) is 60.7 Å². The lowest BCUT2D eigenvalue weighted by molar-refractivity contribution is 1.25. The number of pyridine rings is 2. The summed E-state index contributed by atoms with van der Waals surface area (Å²) in [6.07, 6.45) is 0. The van der Waals surface area contributed by atoms with E-state index >= 15 is 0 Å². The first kappa shape index (κ1) is 25.2. The molecule has 0 aliphatic heterocycles. The zero-order valence-corrected chi connectivity index (χ0v) is 22.1. The molecule has 0 unspecified atom stereocenters. The fourth-order valence-corrected chi connectivity index (χ4v) is 4.91. The van der Waals surface area contributed by atoms with Crippen molar-refractivity contribution in [1.82, 2.24) is 9.97 Å². The molecule has 0 radical (unpaired) electrons. The summed E-state index contributed by atoms with van der Waals surface area (Å²) in [5, 5.41) is 7.31. The SMILES string of the molecule is c1ccc(B(Nc2cccc(-c3cccc(NB(c4ccccc4)c4ccccc4)n3)n2)c2ccccc2)cc1. The van der Waals surface area contributed by atoms with Crippen LogP contribution in [0.15, 0.2) is 158 Å². The number of nitrogens with one attached hydrogen (secondary N) is 2. The van der Waals surface area contributed by atoms with Gasteiger partial charge in [-0.05, 0) is 24.3 Å². The number of anilines is 2. The van der Waals surface area contributed by atoms with Crippen molar-refractivity contribution in [1.29, 1.82) is 0 Å². The molecule has 4 aromatic carbocycles. The fourth-order valence-electron chi connectivity index (χ4n) is 4.91. The number of hydrogen-bond acceptors (Lipinski definition) is 4. The third-order valence-electron chi connectivity index (χ3n) is 6.88. The van der Waals surface area contributed by atoms with Gasteiger partial charge in [0, 0.05) is 0 Å². The van der Waals surface area contributed by atoms with E-state index in [0.717, 1.165) is 23.0 Å². The molecule has 0 saturated carbocycles. The molecule has 6 rings (SSSR count). The molecular formula is C34H28B2N4. The van der Waals surface area contributed by atoms with Crippen LogP contribution < -0.4 is 32.3 Å². The molecule has 2 heterocycles. The van der Waals surface area contributed by atoms with Crippen LogP contribution in [0.1, 0.15) is 0 Å². The Hall–Kier alpha value is -5.09. The van der Waals surface area contributed by atoms with Gasteiger partial charge in [-0.25, -0.2) is 9.97 Å². The van der Waals surface area contributed by atoms with E-state index in [0.29, 0.717) is 0 Å². The maximum absolute atomic E-state index is 4.97. The van der Waals surface area contributed by atoms with E-state index in [-0.39, 0.29) is 13.7 Å².